The summed E-state index contributed by atoms with van der Waals surface area (Å²) in [7, 11) is 0. The molecule has 0 fully saturated rings. The first-order valence-corrected chi connectivity index (χ1v) is 5.48. The number of hydrogen-bond acceptors (Lipinski definition) is 3. The number of ether oxygens (including phenoxy) is 1. The van der Waals surface area contributed by atoms with Crippen LogP contribution in [-0.2, 0) is 10.1 Å². The summed E-state index contributed by atoms with van der Waals surface area (Å²) in [6, 6.07) is 3.64. The van der Waals surface area contributed by atoms with Crippen LogP contribution in [0.2, 0.25) is 0 Å². The van der Waals surface area contributed by atoms with Crippen molar-refractivity contribution in [2.45, 2.75) is 25.3 Å². The van der Waals surface area contributed by atoms with E-state index < -0.39 is 0 Å². The van der Waals surface area contributed by atoms with Crippen molar-refractivity contribution in [2.75, 3.05) is 0 Å². The highest BCUT2D eigenvalue weighted by Crippen LogP contribution is 2.11. The molecule has 14 heavy (non-hydrogen) atoms. The Kier molecular flexibility index (Phi) is 4.07. The normalized spacial score (nSPS) is 10.3. The lowest BCUT2D eigenvalue weighted by molar-refractivity contribution is 0.0370. The minimum atomic E-state index is -0.366. The van der Waals surface area contributed by atoms with Gasteiger partial charge in [0.1, 0.15) is 0 Å². The number of hydrogen-bond donors (Lipinski definition) is 0. The standard InChI is InChI=1S/C10H12BrNO2/c1-7(2)14-10(13)9-8(6-11)4-3-5-12-9/h3-5,7H,6H2,1-2H3. The van der Waals surface area contributed by atoms with E-state index in [9.17, 15) is 4.79 Å². The molecule has 0 N–H and O–H groups in total. The highest BCUT2D eigenvalue weighted by Gasteiger charge is 2.14. The number of carbonyl (C=O) groups is 1. The quantitative estimate of drug-likeness (QED) is 0.617. The molecule has 0 aliphatic rings. The number of aromatic nitrogens is 1. The number of rotatable bonds is 3. The first kappa shape index (κ1) is 11.2. The second-order valence-corrected chi connectivity index (χ2v) is 3.66. The molecule has 0 saturated carbocycles. The lowest BCUT2D eigenvalue weighted by Crippen LogP contribution is -2.14. The maximum Gasteiger partial charge on any atom is 0.357 e. The fraction of sp³-hybridized carbons (Fsp3) is 0.400. The van der Waals surface area contributed by atoms with Gasteiger partial charge in [0.2, 0.25) is 0 Å². The summed E-state index contributed by atoms with van der Waals surface area (Å²) in [5.41, 5.74) is 1.23. The van der Waals surface area contributed by atoms with E-state index in [2.05, 4.69) is 20.9 Å². The highest BCUT2D eigenvalue weighted by atomic mass is 79.9. The van der Waals surface area contributed by atoms with Crippen LogP contribution in [0.25, 0.3) is 0 Å². The van der Waals surface area contributed by atoms with Crippen LogP contribution in [0.15, 0.2) is 18.3 Å². The Morgan fingerprint density at radius 1 is 1.64 bits per heavy atom. The number of halogens is 1. The number of nitrogens with zero attached hydrogens (tertiary/aromatic N) is 1. The molecular weight excluding hydrogens is 246 g/mol. The van der Waals surface area contributed by atoms with Crippen molar-refractivity contribution in [2.24, 2.45) is 0 Å². The molecule has 1 aromatic rings. The van der Waals surface area contributed by atoms with E-state index in [0.717, 1.165) is 5.56 Å². The summed E-state index contributed by atoms with van der Waals surface area (Å²) in [6.07, 6.45) is 1.47. The van der Waals surface area contributed by atoms with Crippen molar-refractivity contribution in [1.29, 1.82) is 0 Å². The Morgan fingerprint density at radius 3 is 2.93 bits per heavy atom. The second-order valence-electron chi connectivity index (χ2n) is 3.10. The van der Waals surface area contributed by atoms with Gasteiger partial charge in [0.15, 0.2) is 5.69 Å². The van der Waals surface area contributed by atoms with E-state index >= 15 is 0 Å². The Labute approximate surface area is 91.6 Å². The van der Waals surface area contributed by atoms with Crippen molar-refractivity contribution in [3.8, 4) is 0 Å². The van der Waals surface area contributed by atoms with Crippen molar-refractivity contribution >= 4 is 21.9 Å². The third-order valence-corrected chi connectivity index (χ3v) is 2.18. The Hall–Kier alpha value is -0.900. The van der Waals surface area contributed by atoms with Gasteiger partial charge in [-0.2, -0.15) is 0 Å². The summed E-state index contributed by atoms with van der Waals surface area (Å²) >= 11 is 3.30. The molecule has 1 aromatic heterocycles. The zero-order chi connectivity index (χ0) is 10.6. The number of carbonyl (C=O) groups excluding carboxylic acids is 1. The van der Waals surface area contributed by atoms with Crippen molar-refractivity contribution in [3.63, 3.8) is 0 Å². The monoisotopic (exact) mass is 257 g/mol. The van der Waals surface area contributed by atoms with E-state index in [0.29, 0.717) is 11.0 Å². The van der Waals surface area contributed by atoms with Crippen LogP contribution in [0.5, 0.6) is 0 Å². The Bertz CT molecular complexity index is 326. The first-order valence-electron chi connectivity index (χ1n) is 4.36. The van der Waals surface area contributed by atoms with Gasteiger partial charge in [0, 0.05) is 11.5 Å². The van der Waals surface area contributed by atoms with Gasteiger partial charge in [0.05, 0.1) is 6.10 Å². The van der Waals surface area contributed by atoms with Crippen LogP contribution in [-0.4, -0.2) is 17.1 Å². The van der Waals surface area contributed by atoms with Gasteiger partial charge in [-0.05, 0) is 25.5 Å². The second kappa shape index (κ2) is 5.10. The van der Waals surface area contributed by atoms with Gasteiger partial charge in [-0.25, -0.2) is 9.78 Å². The van der Waals surface area contributed by atoms with Gasteiger partial charge < -0.3 is 4.74 Å². The van der Waals surface area contributed by atoms with Gasteiger partial charge in [-0.3, -0.25) is 0 Å². The third-order valence-electron chi connectivity index (χ3n) is 1.57. The molecule has 0 aromatic carbocycles. The number of esters is 1. The predicted octanol–water partition coefficient (Wildman–Crippen LogP) is 2.54. The lowest BCUT2D eigenvalue weighted by Gasteiger charge is -2.08. The van der Waals surface area contributed by atoms with E-state index in [1.54, 1.807) is 12.3 Å². The molecule has 0 aliphatic heterocycles. The van der Waals surface area contributed by atoms with Crippen molar-refractivity contribution in [1.82, 2.24) is 4.98 Å². The molecule has 0 aliphatic carbocycles. The fourth-order valence-corrected chi connectivity index (χ4v) is 1.45. The third kappa shape index (κ3) is 2.80. The molecule has 0 radical (unpaired) electrons. The summed E-state index contributed by atoms with van der Waals surface area (Å²) in [5, 5.41) is 0.601. The minimum absolute atomic E-state index is 0.118. The zero-order valence-corrected chi connectivity index (χ0v) is 9.74. The summed E-state index contributed by atoms with van der Waals surface area (Å²) in [6.45, 7) is 3.63. The van der Waals surface area contributed by atoms with Crippen molar-refractivity contribution in [3.05, 3.63) is 29.6 Å². The molecule has 1 heterocycles. The molecule has 0 atom stereocenters. The molecule has 3 nitrogen and oxygen atoms in total. The summed E-state index contributed by atoms with van der Waals surface area (Å²) in [4.78, 5) is 15.5. The van der Waals surface area contributed by atoms with Crippen LogP contribution >= 0.6 is 15.9 Å². The highest BCUT2D eigenvalue weighted by molar-refractivity contribution is 9.08. The van der Waals surface area contributed by atoms with Gasteiger partial charge in [-0.15, -0.1) is 0 Å². The van der Waals surface area contributed by atoms with Gasteiger partial charge >= 0.3 is 5.97 Å². The average Bonchev–Trinajstić information content (AvgIpc) is 2.16. The van der Waals surface area contributed by atoms with E-state index in [-0.39, 0.29) is 12.1 Å². The largest absolute Gasteiger partial charge is 0.458 e. The maximum atomic E-state index is 11.5. The van der Waals surface area contributed by atoms with Crippen molar-refractivity contribution < 1.29 is 9.53 Å². The summed E-state index contributed by atoms with van der Waals surface area (Å²) < 4.78 is 5.06. The first-order chi connectivity index (χ1) is 6.65. The average molecular weight is 258 g/mol. The molecule has 1 rings (SSSR count). The van der Waals surface area contributed by atoms with Crippen LogP contribution in [0.1, 0.15) is 29.9 Å². The Balaban J connectivity index is 2.88. The van der Waals surface area contributed by atoms with Crippen LogP contribution < -0.4 is 0 Å². The van der Waals surface area contributed by atoms with Gasteiger partial charge in [0.25, 0.3) is 0 Å². The smallest absolute Gasteiger partial charge is 0.357 e. The predicted molar refractivity (Wildman–Crippen MR) is 57.4 cm³/mol. The minimum Gasteiger partial charge on any atom is -0.458 e. The molecule has 0 amide bonds. The molecule has 4 heteroatoms. The zero-order valence-electron chi connectivity index (χ0n) is 8.16. The summed E-state index contributed by atoms with van der Waals surface area (Å²) in [5.74, 6) is -0.366. The van der Waals surface area contributed by atoms with Crippen LogP contribution in [0.4, 0.5) is 0 Å². The molecule has 0 bridgehead atoms. The maximum absolute atomic E-state index is 11.5. The number of alkyl halides is 1. The molecule has 0 saturated heterocycles. The van der Waals surface area contributed by atoms with E-state index in [1.165, 1.54) is 0 Å². The van der Waals surface area contributed by atoms with E-state index in [1.807, 2.05) is 19.9 Å². The Morgan fingerprint density at radius 2 is 2.36 bits per heavy atom. The SMILES string of the molecule is CC(C)OC(=O)c1ncccc1CBr. The molecule has 0 spiro atoms. The fourth-order valence-electron chi connectivity index (χ4n) is 1.00. The topological polar surface area (TPSA) is 39.2 Å². The van der Waals surface area contributed by atoms with Crippen LogP contribution in [0.3, 0.4) is 0 Å². The molecular formula is C10H12BrNO2. The van der Waals surface area contributed by atoms with E-state index in [4.69, 9.17) is 4.74 Å². The lowest BCUT2D eigenvalue weighted by atomic mass is 10.2. The van der Waals surface area contributed by atoms with Gasteiger partial charge in [-0.1, -0.05) is 22.0 Å². The number of pyridine rings is 1. The van der Waals surface area contributed by atoms with Crippen LogP contribution in [0, 0.1) is 0 Å². The molecule has 76 valence electrons. The molecule has 0 unspecified atom stereocenters.